The Morgan fingerprint density at radius 1 is 0.486 bits per heavy atom. The van der Waals surface area contributed by atoms with Gasteiger partial charge < -0.3 is 18.9 Å². The first-order valence-electron chi connectivity index (χ1n) is 14.6. The van der Waals surface area contributed by atoms with Gasteiger partial charge in [0, 0.05) is 39.0 Å². The van der Waals surface area contributed by atoms with Crippen molar-refractivity contribution in [3.63, 3.8) is 0 Å². The predicted octanol–water partition coefficient (Wildman–Crippen LogP) is 7.44. The second-order valence-corrected chi connectivity index (χ2v) is 12.2. The third-order valence-electron chi connectivity index (χ3n) is 8.15. The van der Waals surface area contributed by atoms with Crippen LogP contribution in [0.15, 0.2) is 0 Å². The molecule has 210 valence electrons. The van der Waals surface area contributed by atoms with Gasteiger partial charge in [0.25, 0.3) is 0 Å². The number of alkyl halides is 1. The molecule has 0 N–H and O–H groups in total. The largest absolute Gasteiger partial charge is 0.381 e. The maximum absolute atomic E-state index is 13.0. The molecule has 0 aromatic carbocycles. The zero-order chi connectivity index (χ0) is 26.2. The molecule has 0 spiro atoms. The van der Waals surface area contributed by atoms with Gasteiger partial charge in [-0.05, 0) is 73.5 Å². The van der Waals surface area contributed by atoms with E-state index in [0.29, 0.717) is 12.5 Å². The van der Waals surface area contributed by atoms with Crippen molar-refractivity contribution in [1.29, 1.82) is 0 Å². The minimum absolute atomic E-state index is 0.230. The number of rotatable bonds is 4. The van der Waals surface area contributed by atoms with E-state index in [0.717, 1.165) is 88.2 Å². The summed E-state index contributed by atoms with van der Waals surface area (Å²) in [5.74, 6) is 5.80. The molecule has 3 unspecified atom stereocenters. The van der Waals surface area contributed by atoms with Gasteiger partial charge in [-0.25, -0.2) is 4.39 Å². The molecule has 0 saturated carbocycles. The van der Waals surface area contributed by atoms with E-state index < -0.39 is 6.17 Å². The average molecular weight is 503 g/mol. The van der Waals surface area contributed by atoms with Crippen molar-refractivity contribution in [2.24, 2.45) is 47.3 Å². The van der Waals surface area contributed by atoms with Crippen molar-refractivity contribution in [2.45, 2.75) is 93.7 Å². The van der Waals surface area contributed by atoms with Crippen LogP contribution in [0.5, 0.6) is 0 Å². The van der Waals surface area contributed by atoms with Crippen LogP contribution in [0.4, 0.5) is 4.39 Å². The van der Waals surface area contributed by atoms with E-state index >= 15 is 0 Å². The van der Waals surface area contributed by atoms with Gasteiger partial charge in [-0.3, -0.25) is 0 Å². The highest BCUT2D eigenvalue weighted by Gasteiger charge is 2.27. The van der Waals surface area contributed by atoms with Crippen molar-refractivity contribution in [3.05, 3.63) is 0 Å². The fourth-order valence-corrected chi connectivity index (χ4v) is 4.78. The summed E-state index contributed by atoms with van der Waals surface area (Å²) in [5.41, 5.74) is 0. The summed E-state index contributed by atoms with van der Waals surface area (Å²) in [5, 5.41) is 0. The van der Waals surface area contributed by atoms with E-state index in [1.165, 1.54) is 25.7 Å². The molecule has 4 rings (SSSR count). The van der Waals surface area contributed by atoms with Gasteiger partial charge in [-0.1, -0.05) is 55.4 Å². The minimum Gasteiger partial charge on any atom is -0.381 e. The van der Waals surface area contributed by atoms with Crippen molar-refractivity contribution in [2.75, 3.05) is 52.9 Å². The lowest BCUT2D eigenvalue weighted by Gasteiger charge is -2.29. The monoisotopic (exact) mass is 502 g/mol. The lowest BCUT2D eigenvalue weighted by Crippen LogP contribution is -2.32. The van der Waals surface area contributed by atoms with Crippen LogP contribution in [0.3, 0.4) is 0 Å². The summed E-state index contributed by atoms with van der Waals surface area (Å²) in [7, 11) is 0. The third kappa shape index (κ3) is 14.3. The number of hydrogen-bond donors (Lipinski definition) is 0. The highest BCUT2D eigenvalue weighted by Crippen LogP contribution is 2.25. The topological polar surface area (TPSA) is 36.9 Å². The van der Waals surface area contributed by atoms with Gasteiger partial charge in [0.15, 0.2) is 0 Å². The van der Waals surface area contributed by atoms with E-state index in [1.807, 2.05) is 0 Å². The first kappa shape index (κ1) is 32.8. The summed E-state index contributed by atoms with van der Waals surface area (Å²) < 4.78 is 33.6. The van der Waals surface area contributed by atoms with Gasteiger partial charge >= 0.3 is 0 Å². The van der Waals surface area contributed by atoms with Crippen molar-refractivity contribution in [3.8, 4) is 0 Å². The normalized spacial score (nSPS) is 27.9. The number of hydrogen-bond acceptors (Lipinski definition) is 4. The van der Waals surface area contributed by atoms with Crippen LogP contribution in [-0.2, 0) is 18.9 Å². The van der Waals surface area contributed by atoms with Crippen molar-refractivity contribution in [1.82, 2.24) is 0 Å². The summed E-state index contributed by atoms with van der Waals surface area (Å²) in [6.45, 7) is 24.8. The highest BCUT2D eigenvalue weighted by atomic mass is 19.1. The fourth-order valence-electron chi connectivity index (χ4n) is 4.78. The molecule has 4 aliphatic rings. The Hall–Kier alpha value is -0.230. The summed E-state index contributed by atoms with van der Waals surface area (Å²) in [6, 6.07) is 0. The Morgan fingerprint density at radius 2 is 1.00 bits per heavy atom. The first-order valence-corrected chi connectivity index (χ1v) is 14.6. The maximum atomic E-state index is 13.0. The lowest BCUT2D eigenvalue weighted by molar-refractivity contribution is -0.0534. The molecular weight excluding hydrogens is 443 g/mol. The third-order valence-corrected chi connectivity index (χ3v) is 8.15. The Balaban J connectivity index is 0.000000235. The highest BCUT2D eigenvalue weighted by molar-refractivity contribution is 4.75. The van der Waals surface area contributed by atoms with Crippen molar-refractivity contribution >= 4 is 0 Å². The summed E-state index contributed by atoms with van der Waals surface area (Å²) >= 11 is 0. The van der Waals surface area contributed by atoms with Crippen LogP contribution in [0.2, 0.25) is 0 Å². The molecule has 0 aromatic heterocycles. The fraction of sp³-hybridized carbons (Fsp3) is 1.00. The molecule has 0 aliphatic carbocycles. The van der Waals surface area contributed by atoms with E-state index in [4.69, 9.17) is 18.9 Å². The second kappa shape index (κ2) is 18.9. The molecule has 0 aromatic rings. The molecule has 4 aliphatic heterocycles. The first-order chi connectivity index (χ1) is 16.6. The van der Waals surface area contributed by atoms with Gasteiger partial charge in [0.2, 0.25) is 0 Å². The second-order valence-electron chi connectivity index (χ2n) is 12.2. The lowest BCUT2D eigenvalue weighted by atomic mass is 9.87. The maximum Gasteiger partial charge on any atom is 0.126 e. The van der Waals surface area contributed by atoms with Crippen LogP contribution < -0.4 is 0 Å². The van der Waals surface area contributed by atoms with Crippen LogP contribution in [0.1, 0.15) is 87.5 Å². The van der Waals surface area contributed by atoms with E-state index in [9.17, 15) is 4.39 Å². The van der Waals surface area contributed by atoms with Gasteiger partial charge in [-0.2, -0.15) is 0 Å². The molecule has 5 heteroatoms. The summed E-state index contributed by atoms with van der Waals surface area (Å²) in [6.07, 6.45) is 5.35. The van der Waals surface area contributed by atoms with Gasteiger partial charge in [0.1, 0.15) is 6.17 Å². The predicted molar refractivity (Wildman–Crippen MR) is 145 cm³/mol. The molecule has 0 radical (unpaired) electrons. The van der Waals surface area contributed by atoms with Crippen molar-refractivity contribution < 1.29 is 23.3 Å². The van der Waals surface area contributed by atoms with E-state index in [2.05, 4.69) is 55.4 Å². The molecule has 0 bridgehead atoms. The van der Waals surface area contributed by atoms with E-state index in [1.54, 1.807) is 0 Å². The molecule has 3 atom stereocenters. The quantitative estimate of drug-likeness (QED) is 0.400. The standard InChI is InChI=1S/C8H15FO.2C8H16O.C6H12O/c1-6(2)7-3-4-10-5-8(7)9;1-7(2)8-3-5-9-6-4-8;1-7(2)8-4-3-5-9-6-8;1-5(2)6-3-7-4-6/h6-8H,3-5H2,1-2H3;2*7-8H,3-6H2,1-2H3;5-6H,3-4H2,1-2H3. The molecule has 35 heavy (non-hydrogen) atoms. The zero-order valence-electron chi connectivity index (χ0n) is 24.4. The molecule has 4 heterocycles. The van der Waals surface area contributed by atoms with Gasteiger partial charge in [-0.15, -0.1) is 0 Å². The summed E-state index contributed by atoms with van der Waals surface area (Å²) in [4.78, 5) is 0. The smallest absolute Gasteiger partial charge is 0.126 e. The molecule has 4 saturated heterocycles. The van der Waals surface area contributed by atoms with Gasteiger partial charge in [0.05, 0.1) is 19.8 Å². The molecular formula is C30H59FO4. The van der Waals surface area contributed by atoms with Crippen LogP contribution >= 0.6 is 0 Å². The molecule has 0 amide bonds. The molecule has 4 fully saturated rings. The van der Waals surface area contributed by atoms with Crippen LogP contribution in [-0.4, -0.2) is 59.0 Å². The van der Waals surface area contributed by atoms with Crippen LogP contribution in [0, 0.1) is 47.3 Å². The number of ether oxygens (including phenoxy) is 4. The molecule has 4 nitrogen and oxygen atoms in total. The Labute approximate surface area is 217 Å². The number of halogens is 1. The van der Waals surface area contributed by atoms with Crippen LogP contribution in [0.25, 0.3) is 0 Å². The Morgan fingerprint density at radius 3 is 1.29 bits per heavy atom. The van der Waals surface area contributed by atoms with E-state index in [-0.39, 0.29) is 5.92 Å². The Bertz CT molecular complexity index is 459. The average Bonchev–Trinajstić information content (AvgIpc) is 2.80. The zero-order valence-corrected chi connectivity index (χ0v) is 24.4. The minimum atomic E-state index is -0.728. The Kier molecular flexibility index (Phi) is 17.7. The SMILES string of the molecule is CC(C)C1CCCOC1.CC(C)C1CCOCC1.CC(C)C1CCOCC1F.CC(C)C1COC1.